The minimum atomic E-state index is -3.83. The van der Waals surface area contributed by atoms with Crippen LogP contribution in [0.5, 0.6) is 5.75 Å². The predicted octanol–water partition coefficient (Wildman–Crippen LogP) is 2.54. The summed E-state index contributed by atoms with van der Waals surface area (Å²) in [6.07, 6.45) is 5.41. The number of methoxy groups -OCH3 is 1. The highest BCUT2D eigenvalue weighted by atomic mass is 32.2. The van der Waals surface area contributed by atoms with E-state index < -0.39 is 10.0 Å². The monoisotopic (exact) mass is 397 g/mol. The van der Waals surface area contributed by atoms with Gasteiger partial charge >= 0.3 is 0 Å². The van der Waals surface area contributed by atoms with Crippen LogP contribution in [0.25, 0.3) is 16.7 Å². The van der Waals surface area contributed by atoms with Gasteiger partial charge in [-0.2, -0.15) is 0 Å². The summed E-state index contributed by atoms with van der Waals surface area (Å²) in [4.78, 5) is 11.4. The molecule has 3 heterocycles. The highest BCUT2D eigenvalue weighted by Gasteiger charge is 2.20. The summed E-state index contributed by atoms with van der Waals surface area (Å²) in [5.74, 6) is 0.658. The van der Waals surface area contributed by atoms with Gasteiger partial charge in [0.05, 0.1) is 30.4 Å². The number of sulfonamides is 1. The molecule has 0 fully saturated rings. The lowest BCUT2D eigenvalue weighted by atomic mass is 10.2. The van der Waals surface area contributed by atoms with Crippen LogP contribution in [-0.2, 0) is 16.6 Å². The normalized spacial score (nSPS) is 11.8. The highest BCUT2D eigenvalue weighted by molar-refractivity contribution is 7.89. The van der Waals surface area contributed by atoms with Gasteiger partial charge in [0.2, 0.25) is 5.16 Å². The molecule has 0 amide bonds. The molecular formula is C19H19N5O3S. The molecule has 0 aliphatic carbocycles. The molecule has 2 N–H and O–H groups in total. The van der Waals surface area contributed by atoms with E-state index in [1.165, 1.54) is 0 Å². The van der Waals surface area contributed by atoms with Gasteiger partial charge in [-0.3, -0.25) is 4.98 Å². The number of aromatic nitrogens is 4. The van der Waals surface area contributed by atoms with Crippen molar-refractivity contribution in [2.45, 2.75) is 18.6 Å². The molecule has 0 aliphatic heterocycles. The minimum absolute atomic E-state index is 0.0387. The maximum absolute atomic E-state index is 12.7. The van der Waals surface area contributed by atoms with Gasteiger partial charge in [0.15, 0.2) is 0 Å². The largest absolute Gasteiger partial charge is 0.496 e. The van der Waals surface area contributed by atoms with Crippen molar-refractivity contribution in [2.75, 3.05) is 7.11 Å². The summed E-state index contributed by atoms with van der Waals surface area (Å²) in [6.45, 7) is 1.87. The third-order valence-electron chi connectivity index (χ3n) is 4.51. The molecule has 0 unspecified atom stereocenters. The average molecular weight is 397 g/mol. The van der Waals surface area contributed by atoms with Crippen molar-refractivity contribution in [3.8, 4) is 11.4 Å². The van der Waals surface area contributed by atoms with Crippen molar-refractivity contribution in [3.63, 3.8) is 0 Å². The molecule has 8 nitrogen and oxygen atoms in total. The number of H-pyrrole nitrogens is 1. The summed E-state index contributed by atoms with van der Waals surface area (Å²) in [7, 11) is -2.27. The van der Waals surface area contributed by atoms with Crippen molar-refractivity contribution in [2.24, 2.45) is 0 Å². The number of hydrogen-bond acceptors (Lipinski definition) is 5. The molecule has 0 aliphatic rings. The summed E-state index contributed by atoms with van der Waals surface area (Å²) in [5, 5.41) is -0.132. The Hall–Kier alpha value is -3.17. The first kappa shape index (κ1) is 18.2. The van der Waals surface area contributed by atoms with E-state index in [4.69, 9.17) is 4.74 Å². The molecule has 4 aromatic rings. The lowest BCUT2D eigenvalue weighted by Gasteiger charge is -2.09. The van der Waals surface area contributed by atoms with E-state index in [-0.39, 0.29) is 11.7 Å². The summed E-state index contributed by atoms with van der Waals surface area (Å²) in [6, 6.07) is 11.1. The Morgan fingerprint density at radius 3 is 2.75 bits per heavy atom. The summed E-state index contributed by atoms with van der Waals surface area (Å²) < 4.78 is 35.1. The number of pyridine rings is 1. The number of nitrogens with one attached hydrogen (secondary N) is 2. The number of benzene rings is 1. The van der Waals surface area contributed by atoms with E-state index in [1.54, 1.807) is 19.4 Å². The maximum Gasteiger partial charge on any atom is 0.274 e. The average Bonchev–Trinajstić information content (AvgIpc) is 3.36. The van der Waals surface area contributed by atoms with Gasteiger partial charge < -0.3 is 14.3 Å². The first-order chi connectivity index (χ1) is 13.5. The van der Waals surface area contributed by atoms with E-state index in [1.807, 2.05) is 54.2 Å². The van der Waals surface area contributed by atoms with Crippen LogP contribution in [-0.4, -0.2) is 35.0 Å². The number of hydrogen-bond donors (Lipinski definition) is 2. The molecule has 0 radical (unpaired) electrons. The third-order valence-corrected chi connectivity index (χ3v) is 5.74. The van der Waals surface area contributed by atoms with Gasteiger partial charge in [-0.1, -0.05) is 0 Å². The standard InChI is InChI=1S/C19H19N5O3S/c1-13-17(20-8-7-18(13)27-2)12-21-28(25,26)19-22-15-6-5-14(11-16(15)23-19)24-9-3-4-10-24/h3-11,21H,12H2,1-2H3,(H,22,23). The lowest BCUT2D eigenvalue weighted by Crippen LogP contribution is -2.25. The second kappa shape index (κ2) is 7.10. The molecular weight excluding hydrogens is 378 g/mol. The van der Waals surface area contributed by atoms with Gasteiger partial charge in [-0.25, -0.2) is 18.1 Å². The number of nitrogens with zero attached hydrogens (tertiary/aromatic N) is 3. The quantitative estimate of drug-likeness (QED) is 0.521. The Morgan fingerprint density at radius 1 is 1.21 bits per heavy atom. The zero-order chi connectivity index (χ0) is 19.7. The molecule has 0 saturated carbocycles. The van der Waals surface area contributed by atoms with Crippen molar-refractivity contribution >= 4 is 21.1 Å². The Kier molecular flexibility index (Phi) is 4.62. The van der Waals surface area contributed by atoms with Gasteiger partial charge in [-0.15, -0.1) is 0 Å². The number of imidazole rings is 1. The molecule has 1 aromatic carbocycles. The molecule has 0 spiro atoms. The van der Waals surface area contributed by atoms with Crippen LogP contribution in [0.2, 0.25) is 0 Å². The van der Waals surface area contributed by atoms with Crippen molar-refractivity contribution in [3.05, 3.63) is 66.2 Å². The zero-order valence-electron chi connectivity index (χ0n) is 15.4. The van der Waals surface area contributed by atoms with Crippen LogP contribution in [0, 0.1) is 6.92 Å². The van der Waals surface area contributed by atoms with Crippen LogP contribution in [0.4, 0.5) is 0 Å². The molecule has 4 rings (SSSR count). The SMILES string of the molecule is COc1ccnc(CNS(=O)(=O)c2nc3cc(-n4cccc4)ccc3[nH]2)c1C. The maximum atomic E-state index is 12.7. The molecule has 3 aromatic heterocycles. The van der Waals surface area contributed by atoms with E-state index in [9.17, 15) is 8.42 Å². The first-order valence-electron chi connectivity index (χ1n) is 8.59. The lowest BCUT2D eigenvalue weighted by molar-refractivity contribution is 0.410. The molecule has 144 valence electrons. The number of fused-ring (bicyclic) bond motifs is 1. The van der Waals surface area contributed by atoms with Crippen molar-refractivity contribution < 1.29 is 13.2 Å². The number of aromatic amines is 1. The van der Waals surface area contributed by atoms with Gasteiger partial charge in [0, 0.05) is 29.8 Å². The van der Waals surface area contributed by atoms with Gasteiger partial charge in [0.1, 0.15) is 5.75 Å². The molecule has 9 heteroatoms. The van der Waals surface area contributed by atoms with Crippen LogP contribution >= 0.6 is 0 Å². The van der Waals surface area contributed by atoms with Gasteiger partial charge in [0.25, 0.3) is 10.0 Å². The Balaban J connectivity index is 1.60. The molecule has 0 bridgehead atoms. The topological polar surface area (TPSA) is 102 Å². The fourth-order valence-corrected chi connectivity index (χ4v) is 3.88. The van der Waals surface area contributed by atoms with E-state index in [2.05, 4.69) is 19.7 Å². The Morgan fingerprint density at radius 2 is 2.00 bits per heavy atom. The second-order valence-electron chi connectivity index (χ2n) is 6.24. The fraction of sp³-hybridized carbons (Fsp3) is 0.158. The van der Waals surface area contributed by atoms with Crippen LogP contribution < -0.4 is 9.46 Å². The summed E-state index contributed by atoms with van der Waals surface area (Å²) >= 11 is 0. The first-order valence-corrected chi connectivity index (χ1v) is 10.1. The Bertz CT molecular complexity index is 1230. The molecule has 0 atom stereocenters. The van der Waals surface area contributed by atoms with E-state index >= 15 is 0 Å². The van der Waals surface area contributed by atoms with Crippen molar-refractivity contribution in [1.29, 1.82) is 0 Å². The molecule has 28 heavy (non-hydrogen) atoms. The Labute approximate surface area is 162 Å². The fourth-order valence-electron chi connectivity index (χ4n) is 2.96. The van der Waals surface area contributed by atoms with Crippen LogP contribution in [0.15, 0.2) is 60.1 Å². The minimum Gasteiger partial charge on any atom is -0.496 e. The van der Waals surface area contributed by atoms with Crippen LogP contribution in [0.3, 0.4) is 0 Å². The molecule has 0 saturated heterocycles. The van der Waals surface area contributed by atoms with Gasteiger partial charge in [-0.05, 0) is 43.3 Å². The van der Waals surface area contributed by atoms with Crippen LogP contribution in [0.1, 0.15) is 11.3 Å². The van der Waals surface area contributed by atoms with E-state index in [0.717, 1.165) is 11.3 Å². The summed E-state index contributed by atoms with van der Waals surface area (Å²) in [5.41, 5.74) is 3.49. The highest BCUT2D eigenvalue weighted by Crippen LogP contribution is 2.21. The number of rotatable bonds is 6. The predicted molar refractivity (Wildman–Crippen MR) is 105 cm³/mol. The van der Waals surface area contributed by atoms with E-state index in [0.29, 0.717) is 22.5 Å². The third kappa shape index (κ3) is 3.37. The number of ether oxygens (including phenoxy) is 1. The zero-order valence-corrected chi connectivity index (χ0v) is 16.2. The van der Waals surface area contributed by atoms with Crippen molar-refractivity contribution in [1.82, 2.24) is 24.2 Å². The smallest absolute Gasteiger partial charge is 0.274 e. The second-order valence-corrected chi connectivity index (χ2v) is 7.93.